The van der Waals surface area contributed by atoms with Gasteiger partial charge < -0.3 is 10.0 Å². The van der Waals surface area contributed by atoms with Gasteiger partial charge in [0.2, 0.25) is 5.78 Å². The number of rotatable bonds is 7. The first kappa shape index (κ1) is 24.0. The van der Waals surface area contributed by atoms with Gasteiger partial charge in [0.15, 0.2) is 5.76 Å². The summed E-state index contributed by atoms with van der Waals surface area (Å²) >= 11 is 7.47. The van der Waals surface area contributed by atoms with Crippen LogP contribution in [0.25, 0.3) is 0 Å². The number of halogens is 1. The summed E-state index contributed by atoms with van der Waals surface area (Å²) in [7, 11) is 0. The van der Waals surface area contributed by atoms with E-state index in [1.807, 2.05) is 31.2 Å². The van der Waals surface area contributed by atoms with Crippen molar-refractivity contribution in [3.05, 3.63) is 86.0 Å². The Kier molecular flexibility index (Phi) is 6.77. The van der Waals surface area contributed by atoms with Crippen LogP contribution in [0.2, 0.25) is 5.02 Å². The number of hydrogen-bond donors (Lipinski definition) is 1. The van der Waals surface area contributed by atoms with Crippen LogP contribution in [0.1, 0.15) is 45.8 Å². The van der Waals surface area contributed by atoms with Crippen LogP contribution in [-0.4, -0.2) is 34.9 Å². The summed E-state index contributed by atoms with van der Waals surface area (Å²) in [4.78, 5) is 35.4. The van der Waals surface area contributed by atoms with E-state index in [-0.39, 0.29) is 5.57 Å². The van der Waals surface area contributed by atoms with Crippen molar-refractivity contribution < 1.29 is 14.7 Å². The van der Waals surface area contributed by atoms with E-state index in [1.165, 1.54) is 16.2 Å². The summed E-state index contributed by atoms with van der Waals surface area (Å²) in [5.41, 5.74) is 2.89. The highest BCUT2D eigenvalue weighted by molar-refractivity contribution is 7.14. The van der Waals surface area contributed by atoms with Crippen LogP contribution in [0.3, 0.4) is 0 Å². The summed E-state index contributed by atoms with van der Waals surface area (Å²) in [5, 5.41) is 12.1. The molecule has 3 aromatic rings. The van der Waals surface area contributed by atoms with E-state index < -0.39 is 23.5 Å². The summed E-state index contributed by atoms with van der Waals surface area (Å²) in [6.45, 7) is 9.48. The molecule has 1 aromatic heterocycles. The Morgan fingerprint density at radius 2 is 1.82 bits per heavy atom. The average Bonchev–Trinajstić information content (AvgIpc) is 3.30. The molecule has 0 radical (unpaired) electrons. The summed E-state index contributed by atoms with van der Waals surface area (Å²) in [5.74, 6) is -1.58. The molecule has 1 unspecified atom stereocenters. The molecule has 176 valence electrons. The molecule has 8 heteroatoms. The Bertz CT molecular complexity index is 1280. The second-order valence-electron chi connectivity index (χ2n) is 8.06. The van der Waals surface area contributed by atoms with Crippen molar-refractivity contribution in [2.24, 2.45) is 0 Å². The van der Waals surface area contributed by atoms with E-state index in [9.17, 15) is 14.7 Å². The minimum Gasteiger partial charge on any atom is -0.503 e. The first-order valence-electron chi connectivity index (χ1n) is 11.1. The van der Waals surface area contributed by atoms with Gasteiger partial charge in [-0.25, -0.2) is 4.98 Å². The number of benzene rings is 2. The van der Waals surface area contributed by atoms with Crippen molar-refractivity contribution in [3.63, 3.8) is 0 Å². The fraction of sp³-hybridized carbons (Fsp3) is 0.269. The van der Waals surface area contributed by atoms with Gasteiger partial charge in [0.1, 0.15) is 0 Å². The number of aliphatic hydroxyl groups excluding tert-OH is 1. The van der Waals surface area contributed by atoms with E-state index in [1.54, 1.807) is 31.2 Å². The number of nitrogens with zero attached hydrogens (tertiary/aromatic N) is 3. The van der Waals surface area contributed by atoms with Crippen molar-refractivity contribution >= 4 is 46.0 Å². The lowest BCUT2D eigenvalue weighted by Gasteiger charge is -2.28. The quantitative estimate of drug-likeness (QED) is 0.404. The molecule has 1 N–H and O–H groups in total. The largest absolute Gasteiger partial charge is 0.503 e. The maximum atomic E-state index is 13.7. The maximum absolute atomic E-state index is 13.7. The monoisotopic (exact) mass is 495 g/mol. The van der Waals surface area contributed by atoms with Crippen molar-refractivity contribution in [1.29, 1.82) is 0 Å². The van der Waals surface area contributed by atoms with Gasteiger partial charge in [0.05, 0.1) is 27.2 Å². The topological polar surface area (TPSA) is 73.7 Å². The van der Waals surface area contributed by atoms with Crippen LogP contribution in [0.5, 0.6) is 0 Å². The molecule has 6 nitrogen and oxygen atoms in total. The van der Waals surface area contributed by atoms with Crippen molar-refractivity contribution in [2.45, 2.75) is 33.7 Å². The number of hydrogen-bond acceptors (Lipinski definition) is 6. The number of amides is 1. The Morgan fingerprint density at radius 1 is 1.15 bits per heavy atom. The molecule has 0 saturated heterocycles. The molecule has 1 amide bonds. The number of aryl methyl sites for hydroxylation is 2. The number of ketones is 1. The van der Waals surface area contributed by atoms with Crippen LogP contribution < -0.4 is 9.80 Å². The highest BCUT2D eigenvalue weighted by Gasteiger charge is 2.45. The van der Waals surface area contributed by atoms with Crippen LogP contribution in [0.4, 0.5) is 11.4 Å². The maximum Gasteiger partial charge on any atom is 0.294 e. The van der Waals surface area contributed by atoms with Gasteiger partial charge in [-0.3, -0.25) is 14.5 Å². The molecule has 1 atom stereocenters. The third-order valence-corrected chi connectivity index (χ3v) is 7.29. The Labute approximate surface area is 208 Å². The predicted octanol–water partition coefficient (Wildman–Crippen LogP) is 6.04. The van der Waals surface area contributed by atoms with Crippen LogP contribution in [0.15, 0.2) is 59.9 Å². The van der Waals surface area contributed by atoms with Crippen molar-refractivity contribution in [2.75, 3.05) is 22.9 Å². The molecule has 4 rings (SSSR count). The fourth-order valence-electron chi connectivity index (χ4n) is 4.37. The van der Waals surface area contributed by atoms with E-state index in [2.05, 4.69) is 23.7 Å². The van der Waals surface area contributed by atoms with Crippen LogP contribution in [-0.2, 0) is 4.79 Å². The highest BCUT2D eigenvalue weighted by Crippen LogP contribution is 2.43. The molecule has 2 heterocycles. The molecule has 0 bridgehead atoms. The minimum atomic E-state index is -0.800. The van der Waals surface area contributed by atoms with E-state index in [4.69, 9.17) is 11.6 Å². The number of anilines is 2. The molecular formula is C26H26ClN3O3S. The lowest BCUT2D eigenvalue weighted by atomic mass is 9.94. The zero-order valence-electron chi connectivity index (χ0n) is 19.5. The molecule has 1 aliphatic heterocycles. The average molecular weight is 496 g/mol. The normalized spacial score (nSPS) is 15.9. The second kappa shape index (κ2) is 9.60. The number of aliphatic hydroxyl groups is 1. The molecule has 0 saturated carbocycles. The molecule has 1 aliphatic rings. The Morgan fingerprint density at radius 3 is 2.38 bits per heavy atom. The first-order valence-corrected chi connectivity index (χ1v) is 12.3. The zero-order chi connectivity index (χ0) is 24.6. The smallest absolute Gasteiger partial charge is 0.294 e. The molecule has 0 spiro atoms. The van der Waals surface area contributed by atoms with Crippen molar-refractivity contribution in [1.82, 2.24) is 4.98 Å². The third-order valence-electron chi connectivity index (χ3n) is 5.99. The molecular weight excluding hydrogens is 470 g/mol. The van der Waals surface area contributed by atoms with Gasteiger partial charge in [0, 0.05) is 29.5 Å². The SMILES string of the molecule is CCN(CC)c1ccc(C2C(C(=O)c3sc(C)nc3C)=C(O)C(=O)N2c2cccc(Cl)c2)cc1. The van der Waals surface area contributed by atoms with Crippen molar-refractivity contribution in [3.8, 4) is 0 Å². The minimum absolute atomic E-state index is 0.0484. The lowest BCUT2D eigenvalue weighted by Crippen LogP contribution is -2.31. The van der Waals surface area contributed by atoms with Crippen LogP contribution >= 0.6 is 22.9 Å². The van der Waals surface area contributed by atoms with Gasteiger partial charge in [-0.2, -0.15) is 0 Å². The zero-order valence-corrected chi connectivity index (χ0v) is 21.1. The number of carbonyl (C=O) groups excluding carboxylic acids is 2. The fourth-order valence-corrected chi connectivity index (χ4v) is 5.42. The van der Waals surface area contributed by atoms with Crippen LogP contribution in [0, 0.1) is 13.8 Å². The molecule has 2 aromatic carbocycles. The number of thiazole rings is 1. The van der Waals surface area contributed by atoms with Gasteiger partial charge in [0.25, 0.3) is 5.91 Å². The highest BCUT2D eigenvalue weighted by atomic mass is 35.5. The molecule has 34 heavy (non-hydrogen) atoms. The third kappa shape index (κ3) is 4.21. The van der Waals surface area contributed by atoms with Gasteiger partial charge in [-0.15, -0.1) is 11.3 Å². The second-order valence-corrected chi connectivity index (χ2v) is 9.70. The number of carbonyl (C=O) groups is 2. The van der Waals surface area contributed by atoms with Gasteiger partial charge >= 0.3 is 0 Å². The van der Waals surface area contributed by atoms with E-state index in [0.29, 0.717) is 21.3 Å². The predicted molar refractivity (Wildman–Crippen MR) is 137 cm³/mol. The number of Topliss-reactive ketones (excluding diaryl/α,β-unsaturated/α-hetero) is 1. The summed E-state index contributed by atoms with van der Waals surface area (Å²) < 4.78 is 0. The number of aromatic nitrogens is 1. The Balaban J connectivity index is 1.86. The standard InChI is InChI=1S/C26H26ClN3O3S/c1-5-29(6-2)19-12-10-17(11-13-19)22-21(23(31)25-15(3)28-16(4)34-25)24(32)26(33)30(22)20-9-7-8-18(27)14-20/h7-14,22,32H,5-6H2,1-4H3. The lowest BCUT2D eigenvalue weighted by molar-refractivity contribution is -0.117. The Hall–Kier alpha value is -3.16. The van der Waals surface area contributed by atoms with E-state index >= 15 is 0 Å². The molecule has 0 aliphatic carbocycles. The first-order chi connectivity index (χ1) is 16.3. The summed E-state index contributed by atoms with van der Waals surface area (Å²) in [6.07, 6.45) is 0. The van der Waals surface area contributed by atoms with E-state index in [0.717, 1.165) is 29.3 Å². The molecule has 0 fully saturated rings. The van der Waals surface area contributed by atoms with Gasteiger partial charge in [-0.1, -0.05) is 29.8 Å². The summed E-state index contributed by atoms with van der Waals surface area (Å²) in [6, 6.07) is 13.8. The van der Waals surface area contributed by atoms with Gasteiger partial charge in [-0.05, 0) is 63.6 Å².